The first-order valence-electron chi connectivity index (χ1n) is 6.54. The molecule has 0 aliphatic rings. The molecule has 2 aromatic carbocycles. The summed E-state index contributed by atoms with van der Waals surface area (Å²) in [5.41, 5.74) is 1.33. The van der Waals surface area contributed by atoms with Gasteiger partial charge in [-0.05, 0) is 52.7 Å². The van der Waals surface area contributed by atoms with Gasteiger partial charge in [-0.2, -0.15) is 0 Å². The molecule has 116 valence electrons. The number of hydrogen-bond donors (Lipinski definition) is 0. The molecule has 0 aliphatic carbocycles. The van der Waals surface area contributed by atoms with Gasteiger partial charge in [-0.15, -0.1) is 0 Å². The zero-order valence-electron chi connectivity index (χ0n) is 11.7. The summed E-state index contributed by atoms with van der Waals surface area (Å²) in [6.45, 7) is 2.40. The van der Waals surface area contributed by atoms with Gasteiger partial charge in [0, 0.05) is 5.02 Å². The number of benzene rings is 2. The van der Waals surface area contributed by atoms with Gasteiger partial charge < -0.3 is 9.47 Å². The molecule has 0 radical (unpaired) electrons. The Morgan fingerprint density at radius 3 is 2.45 bits per heavy atom. The van der Waals surface area contributed by atoms with E-state index in [0.717, 1.165) is 5.56 Å². The average Bonchev–Trinajstić information content (AvgIpc) is 2.48. The minimum absolute atomic E-state index is 0.308. The van der Waals surface area contributed by atoms with Crippen molar-refractivity contribution in [2.75, 3.05) is 6.61 Å². The number of ether oxygens (including phenoxy) is 2. The lowest BCUT2D eigenvalue weighted by atomic mass is 10.2. The lowest BCUT2D eigenvalue weighted by Gasteiger charge is -2.12. The maximum absolute atomic E-state index is 11.7. The Morgan fingerprint density at radius 1 is 1.18 bits per heavy atom. The predicted molar refractivity (Wildman–Crippen MR) is 90.9 cm³/mol. The Morgan fingerprint density at radius 2 is 1.86 bits per heavy atom. The first-order valence-corrected chi connectivity index (χ1v) is 8.09. The Labute approximate surface area is 147 Å². The van der Waals surface area contributed by atoms with Gasteiger partial charge in [-0.25, -0.2) is 4.79 Å². The molecule has 0 amide bonds. The standard InChI is InChI=1S/C16H13BrCl2O3/c1-2-21-16(20)11-7-13(17)15(14(19)8-11)22-9-10-3-5-12(18)6-4-10/h3-8H,2,9H2,1H3. The highest BCUT2D eigenvalue weighted by Crippen LogP contribution is 2.35. The Balaban J connectivity index is 2.14. The molecule has 0 unspecified atom stereocenters. The summed E-state index contributed by atoms with van der Waals surface area (Å²) < 4.78 is 11.3. The van der Waals surface area contributed by atoms with Crippen LogP contribution in [0.1, 0.15) is 22.8 Å². The minimum atomic E-state index is -0.422. The second kappa shape index (κ2) is 7.86. The van der Waals surface area contributed by atoms with Crippen LogP contribution < -0.4 is 4.74 Å². The van der Waals surface area contributed by atoms with Crippen LogP contribution >= 0.6 is 39.1 Å². The van der Waals surface area contributed by atoms with Crippen molar-refractivity contribution in [3.63, 3.8) is 0 Å². The fraction of sp³-hybridized carbons (Fsp3) is 0.188. The second-order valence-corrected chi connectivity index (χ2v) is 6.10. The van der Waals surface area contributed by atoms with Crippen molar-refractivity contribution in [1.29, 1.82) is 0 Å². The molecule has 2 aromatic rings. The number of esters is 1. The van der Waals surface area contributed by atoms with E-state index in [-0.39, 0.29) is 0 Å². The molecule has 0 aliphatic heterocycles. The van der Waals surface area contributed by atoms with Gasteiger partial charge in [0.25, 0.3) is 0 Å². The molecule has 0 bridgehead atoms. The number of halogens is 3. The normalized spacial score (nSPS) is 10.4. The van der Waals surface area contributed by atoms with Gasteiger partial charge in [0.2, 0.25) is 0 Å². The smallest absolute Gasteiger partial charge is 0.338 e. The van der Waals surface area contributed by atoms with Crippen LogP contribution in [0.2, 0.25) is 10.0 Å². The molecule has 2 rings (SSSR count). The van der Waals surface area contributed by atoms with Crippen LogP contribution in [-0.2, 0) is 11.3 Å². The van der Waals surface area contributed by atoms with Crippen LogP contribution in [0.5, 0.6) is 5.75 Å². The van der Waals surface area contributed by atoms with Crippen LogP contribution in [0.15, 0.2) is 40.9 Å². The second-order valence-electron chi connectivity index (χ2n) is 4.40. The summed E-state index contributed by atoms with van der Waals surface area (Å²) in [6, 6.07) is 10.5. The summed E-state index contributed by atoms with van der Waals surface area (Å²) in [7, 11) is 0. The lowest BCUT2D eigenvalue weighted by Crippen LogP contribution is -2.05. The summed E-state index contributed by atoms with van der Waals surface area (Å²) >= 11 is 15.4. The molecule has 3 nitrogen and oxygen atoms in total. The van der Waals surface area contributed by atoms with Gasteiger partial charge in [0.15, 0.2) is 5.75 Å². The SMILES string of the molecule is CCOC(=O)c1cc(Cl)c(OCc2ccc(Cl)cc2)c(Br)c1. The van der Waals surface area contributed by atoms with E-state index in [1.807, 2.05) is 12.1 Å². The summed E-state index contributed by atoms with van der Waals surface area (Å²) in [5.74, 6) is 0.0546. The third kappa shape index (κ3) is 4.38. The zero-order valence-corrected chi connectivity index (χ0v) is 14.8. The van der Waals surface area contributed by atoms with E-state index in [2.05, 4.69) is 15.9 Å². The van der Waals surface area contributed by atoms with Crippen LogP contribution in [0, 0.1) is 0 Å². The van der Waals surface area contributed by atoms with Gasteiger partial charge in [0.05, 0.1) is 21.7 Å². The zero-order chi connectivity index (χ0) is 16.1. The quantitative estimate of drug-likeness (QED) is 0.617. The third-order valence-electron chi connectivity index (χ3n) is 2.81. The topological polar surface area (TPSA) is 35.5 Å². The van der Waals surface area contributed by atoms with Gasteiger partial charge >= 0.3 is 5.97 Å². The van der Waals surface area contributed by atoms with E-state index in [9.17, 15) is 4.79 Å². The monoisotopic (exact) mass is 402 g/mol. The fourth-order valence-electron chi connectivity index (χ4n) is 1.77. The number of carbonyl (C=O) groups is 1. The molecule has 0 atom stereocenters. The first kappa shape index (κ1) is 17.1. The van der Waals surface area contributed by atoms with Crippen molar-refractivity contribution in [3.05, 3.63) is 62.0 Å². The molecule has 0 saturated carbocycles. The molecule has 6 heteroatoms. The molecule has 0 spiro atoms. The largest absolute Gasteiger partial charge is 0.486 e. The van der Waals surface area contributed by atoms with Crippen molar-refractivity contribution >= 4 is 45.1 Å². The highest BCUT2D eigenvalue weighted by Gasteiger charge is 2.14. The molecular formula is C16H13BrCl2O3. The van der Waals surface area contributed by atoms with Gasteiger partial charge in [-0.1, -0.05) is 35.3 Å². The molecule has 0 N–H and O–H groups in total. The fourth-order valence-corrected chi connectivity index (χ4v) is 2.85. The maximum atomic E-state index is 11.7. The molecule has 0 aromatic heterocycles. The molecular weight excluding hydrogens is 391 g/mol. The van der Waals surface area contributed by atoms with E-state index < -0.39 is 5.97 Å². The molecule has 22 heavy (non-hydrogen) atoms. The highest BCUT2D eigenvalue weighted by atomic mass is 79.9. The molecule has 0 fully saturated rings. The minimum Gasteiger partial charge on any atom is -0.486 e. The number of carbonyl (C=O) groups excluding carboxylic acids is 1. The Bertz CT molecular complexity index is 649. The molecule has 0 heterocycles. The van der Waals surface area contributed by atoms with E-state index in [1.165, 1.54) is 6.07 Å². The van der Waals surface area contributed by atoms with Crippen LogP contribution in [0.4, 0.5) is 0 Å². The predicted octanol–water partition coefficient (Wildman–Crippen LogP) is 5.51. The summed E-state index contributed by atoms with van der Waals surface area (Å²) in [4.78, 5) is 11.7. The van der Waals surface area contributed by atoms with E-state index >= 15 is 0 Å². The van der Waals surface area contributed by atoms with E-state index in [4.69, 9.17) is 32.7 Å². The van der Waals surface area contributed by atoms with Gasteiger partial charge in [0.1, 0.15) is 6.61 Å². The highest BCUT2D eigenvalue weighted by molar-refractivity contribution is 9.10. The maximum Gasteiger partial charge on any atom is 0.338 e. The third-order valence-corrected chi connectivity index (χ3v) is 3.93. The van der Waals surface area contributed by atoms with E-state index in [0.29, 0.717) is 39.0 Å². The van der Waals surface area contributed by atoms with Crippen LogP contribution in [0.3, 0.4) is 0 Å². The summed E-state index contributed by atoms with van der Waals surface area (Å²) in [5, 5.41) is 1.01. The van der Waals surface area contributed by atoms with Crippen LogP contribution in [-0.4, -0.2) is 12.6 Å². The van der Waals surface area contributed by atoms with Crippen molar-refractivity contribution in [2.45, 2.75) is 13.5 Å². The lowest BCUT2D eigenvalue weighted by molar-refractivity contribution is 0.0526. The average molecular weight is 404 g/mol. The Kier molecular flexibility index (Phi) is 6.12. The van der Waals surface area contributed by atoms with Crippen LogP contribution in [0.25, 0.3) is 0 Å². The first-order chi connectivity index (χ1) is 10.5. The Hall–Kier alpha value is -1.23. The molecule has 0 saturated heterocycles. The number of hydrogen-bond acceptors (Lipinski definition) is 3. The van der Waals surface area contributed by atoms with Crippen molar-refractivity contribution in [3.8, 4) is 5.75 Å². The summed E-state index contributed by atoms with van der Waals surface area (Å²) in [6.07, 6.45) is 0. The number of rotatable bonds is 5. The van der Waals surface area contributed by atoms with Gasteiger partial charge in [-0.3, -0.25) is 0 Å². The van der Waals surface area contributed by atoms with Crippen molar-refractivity contribution in [1.82, 2.24) is 0 Å². The van der Waals surface area contributed by atoms with Crippen molar-refractivity contribution in [2.24, 2.45) is 0 Å². The van der Waals surface area contributed by atoms with Crippen molar-refractivity contribution < 1.29 is 14.3 Å². The van der Waals surface area contributed by atoms with E-state index in [1.54, 1.807) is 25.1 Å².